The van der Waals surface area contributed by atoms with Gasteiger partial charge in [-0.2, -0.15) is 4.98 Å². The largest absolute Gasteiger partial charge is 0.356 e. The molecule has 0 aliphatic carbocycles. The van der Waals surface area contributed by atoms with Crippen molar-refractivity contribution in [3.05, 3.63) is 11.7 Å². The molecule has 1 aromatic heterocycles. The molecular weight excluding hydrogens is 208 g/mol. The first-order chi connectivity index (χ1) is 7.63. The zero-order valence-electron chi connectivity index (χ0n) is 9.69. The zero-order valence-corrected chi connectivity index (χ0v) is 9.69. The van der Waals surface area contributed by atoms with Gasteiger partial charge in [0.05, 0.1) is 0 Å². The molecule has 0 saturated carbocycles. The highest BCUT2D eigenvalue weighted by Crippen LogP contribution is 2.09. The number of aromatic nitrogens is 2. The average molecular weight is 226 g/mol. The minimum Gasteiger partial charge on any atom is -0.356 e. The first-order valence-electron chi connectivity index (χ1n) is 5.42. The van der Waals surface area contributed by atoms with Gasteiger partial charge < -0.3 is 15.6 Å². The molecule has 0 bridgehead atoms. The summed E-state index contributed by atoms with van der Waals surface area (Å²) >= 11 is 0. The SMILES string of the molecule is CC(C)c1noc(CCNC(=O)CCN)n1. The number of carbonyl (C=O) groups is 1. The van der Waals surface area contributed by atoms with Crippen molar-refractivity contribution in [2.24, 2.45) is 5.73 Å². The Balaban J connectivity index is 2.29. The molecule has 0 spiro atoms. The van der Waals surface area contributed by atoms with E-state index in [9.17, 15) is 4.79 Å². The van der Waals surface area contributed by atoms with Crippen molar-refractivity contribution >= 4 is 5.91 Å². The fourth-order valence-corrected chi connectivity index (χ4v) is 1.13. The summed E-state index contributed by atoms with van der Waals surface area (Å²) in [7, 11) is 0. The summed E-state index contributed by atoms with van der Waals surface area (Å²) in [6, 6.07) is 0. The van der Waals surface area contributed by atoms with Crippen LogP contribution in [0.3, 0.4) is 0 Å². The highest BCUT2D eigenvalue weighted by Gasteiger charge is 2.09. The van der Waals surface area contributed by atoms with E-state index in [4.69, 9.17) is 10.3 Å². The normalized spacial score (nSPS) is 10.8. The van der Waals surface area contributed by atoms with Gasteiger partial charge in [-0.3, -0.25) is 4.79 Å². The molecule has 1 amide bonds. The number of nitrogens with one attached hydrogen (secondary N) is 1. The molecular formula is C10H18N4O2. The smallest absolute Gasteiger partial charge is 0.228 e. The second kappa shape index (κ2) is 6.22. The Bertz CT molecular complexity index is 335. The van der Waals surface area contributed by atoms with Crippen molar-refractivity contribution in [3.8, 4) is 0 Å². The highest BCUT2D eigenvalue weighted by molar-refractivity contribution is 5.75. The third kappa shape index (κ3) is 3.98. The van der Waals surface area contributed by atoms with Crippen LogP contribution in [0.25, 0.3) is 0 Å². The van der Waals surface area contributed by atoms with E-state index in [0.717, 1.165) is 0 Å². The van der Waals surface area contributed by atoms with Gasteiger partial charge in [-0.1, -0.05) is 19.0 Å². The van der Waals surface area contributed by atoms with E-state index in [2.05, 4.69) is 15.5 Å². The predicted molar refractivity (Wildman–Crippen MR) is 58.8 cm³/mol. The van der Waals surface area contributed by atoms with Crippen LogP contribution < -0.4 is 11.1 Å². The van der Waals surface area contributed by atoms with E-state index in [1.54, 1.807) is 0 Å². The maximum atomic E-state index is 11.1. The lowest BCUT2D eigenvalue weighted by Gasteiger charge is -2.00. The predicted octanol–water partition coefficient (Wildman–Crippen LogP) is 0.201. The molecule has 1 heterocycles. The Morgan fingerprint density at radius 3 is 2.88 bits per heavy atom. The van der Waals surface area contributed by atoms with Gasteiger partial charge in [-0.15, -0.1) is 0 Å². The van der Waals surface area contributed by atoms with Crippen molar-refractivity contribution in [1.82, 2.24) is 15.5 Å². The van der Waals surface area contributed by atoms with E-state index in [0.29, 0.717) is 37.6 Å². The molecule has 0 aromatic carbocycles. The summed E-state index contributed by atoms with van der Waals surface area (Å²) in [5, 5.41) is 6.55. The second-order valence-corrected chi connectivity index (χ2v) is 3.84. The van der Waals surface area contributed by atoms with Crippen LogP contribution in [0.2, 0.25) is 0 Å². The fourth-order valence-electron chi connectivity index (χ4n) is 1.13. The fraction of sp³-hybridized carbons (Fsp3) is 0.700. The van der Waals surface area contributed by atoms with Gasteiger partial charge in [0.2, 0.25) is 11.8 Å². The molecule has 0 fully saturated rings. The molecule has 1 aromatic rings. The molecule has 0 aliphatic rings. The van der Waals surface area contributed by atoms with Crippen LogP contribution in [0, 0.1) is 0 Å². The summed E-state index contributed by atoms with van der Waals surface area (Å²) in [6.45, 7) is 4.86. The number of amides is 1. The molecule has 3 N–H and O–H groups in total. The van der Waals surface area contributed by atoms with Gasteiger partial charge >= 0.3 is 0 Å². The summed E-state index contributed by atoms with van der Waals surface area (Å²) in [6.07, 6.45) is 0.900. The van der Waals surface area contributed by atoms with Crippen molar-refractivity contribution in [1.29, 1.82) is 0 Å². The van der Waals surface area contributed by atoms with Gasteiger partial charge in [0, 0.05) is 31.8 Å². The molecule has 0 saturated heterocycles. The Labute approximate surface area is 94.6 Å². The van der Waals surface area contributed by atoms with Gasteiger partial charge in [0.1, 0.15) is 0 Å². The van der Waals surface area contributed by atoms with E-state index >= 15 is 0 Å². The first kappa shape index (κ1) is 12.6. The van der Waals surface area contributed by atoms with Gasteiger partial charge in [-0.25, -0.2) is 0 Å². The van der Waals surface area contributed by atoms with Crippen molar-refractivity contribution in [2.75, 3.05) is 13.1 Å². The number of hydrogen-bond donors (Lipinski definition) is 2. The van der Waals surface area contributed by atoms with E-state index < -0.39 is 0 Å². The lowest BCUT2D eigenvalue weighted by atomic mass is 10.2. The topological polar surface area (TPSA) is 94.0 Å². The van der Waals surface area contributed by atoms with Crippen LogP contribution in [-0.4, -0.2) is 29.1 Å². The first-order valence-corrected chi connectivity index (χ1v) is 5.42. The number of carbonyl (C=O) groups excluding carboxylic acids is 1. The number of nitrogens with zero attached hydrogens (tertiary/aromatic N) is 2. The molecule has 0 aliphatic heterocycles. The third-order valence-electron chi connectivity index (χ3n) is 2.03. The van der Waals surface area contributed by atoms with Crippen molar-refractivity contribution in [3.63, 3.8) is 0 Å². The maximum absolute atomic E-state index is 11.1. The zero-order chi connectivity index (χ0) is 12.0. The Kier molecular flexibility index (Phi) is 4.91. The lowest BCUT2D eigenvalue weighted by Crippen LogP contribution is -2.27. The molecule has 0 atom stereocenters. The van der Waals surface area contributed by atoms with E-state index in [1.807, 2.05) is 13.8 Å². The van der Waals surface area contributed by atoms with Crippen LogP contribution in [0.5, 0.6) is 0 Å². The van der Waals surface area contributed by atoms with Gasteiger partial charge in [0.15, 0.2) is 5.82 Å². The molecule has 90 valence electrons. The van der Waals surface area contributed by atoms with Crippen molar-refractivity contribution < 1.29 is 9.32 Å². The summed E-state index contributed by atoms with van der Waals surface area (Å²) < 4.78 is 5.03. The Hall–Kier alpha value is -1.43. The molecule has 0 radical (unpaired) electrons. The molecule has 0 unspecified atom stereocenters. The van der Waals surface area contributed by atoms with Crippen LogP contribution in [0.1, 0.15) is 37.9 Å². The third-order valence-corrected chi connectivity index (χ3v) is 2.03. The second-order valence-electron chi connectivity index (χ2n) is 3.84. The minimum atomic E-state index is -0.0499. The van der Waals surface area contributed by atoms with Crippen LogP contribution in [0.4, 0.5) is 0 Å². The highest BCUT2D eigenvalue weighted by atomic mass is 16.5. The standard InChI is InChI=1S/C10H18N4O2/c1-7(2)10-13-9(16-14-10)4-6-12-8(15)3-5-11/h7H,3-6,11H2,1-2H3,(H,12,15). The quantitative estimate of drug-likeness (QED) is 0.722. The minimum absolute atomic E-state index is 0.0499. The molecule has 1 rings (SSSR count). The van der Waals surface area contributed by atoms with E-state index in [-0.39, 0.29) is 11.8 Å². The number of rotatable bonds is 6. The molecule has 6 heteroatoms. The summed E-state index contributed by atoms with van der Waals surface area (Å²) in [4.78, 5) is 15.3. The number of hydrogen-bond acceptors (Lipinski definition) is 5. The summed E-state index contributed by atoms with van der Waals surface area (Å²) in [5.41, 5.74) is 5.25. The van der Waals surface area contributed by atoms with E-state index in [1.165, 1.54) is 0 Å². The Morgan fingerprint density at radius 1 is 1.56 bits per heavy atom. The van der Waals surface area contributed by atoms with Crippen LogP contribution >= 0.6 is 0 Å². The van der Waals surface area contributed by atoms with Crippen molar-refractivity contribution in [2.45, 2.75) is 32.6 Å². The maximum Gasteiger partial charge on any atom is 0.228 e. The van der Waals surface area contributed by atoms with Gasteiger partial charge in [-0.05, 0) is 0 Å². The Morgan fingerprint density at radius 2 is 2.31 bits per heavy atom. The average Bonchev–Trinajstić information content (AvgIpc) is 2.67. The summed E-state index contributed by atoms with van der Waals surface area (Å²) in [5.74, 6) is 1.45. The molecule has 6 nitrogen and oxygen atoms in total. The number of nitrogens with two attached hydrogens (primary N) is 1. The van der Waals surface area contributed by atoms with Crippen LogP contribution in [-0.2, 0) is 11.2 Å². The monoisotopic (exact) mass is 226 g/mol. The van der Waals surface area contributed by atoms with Gasteiger partial charge in [0.25, 0.3) is 0 Å². The lowest BCUT2D eigenvalue weighted by molar-refractivity contribution is -0.120. The van der Waals surface area contributed by atoms with Crippen LogP contribution in [0.15, 0.2) is 4.52 Å². The molecule has 16 heavy (non-hydrogen) atoms.